The van der Waals surface area contributed by atoms with Gasteiger partial charge in [-0.25, -0.2) is 0 Å². The molecule has 3 N–H and O–H groups in total. The number of nitrogens with one attached hydrogen (secondary N) is 3. The van der Waals surface area contributed by atoms with Gasteiger partial charge in [-0.3, -0.25) is 9.59 Å². The number of benzene rings is 1. The van der Waals surface area contributed by atoms with Gasteiger partial charge in [0.15, 0.2) is 13.1 Å². The number of hydrogen-bond donors (Lipinski definition) is 3. The van der Waals surface area contributed by atoms with Crippen LogP contribution in [0.25, 0.3) is 0 Å². The number of carbonyl (C=O) groups excluding carboxylic acids is 2. The summed E-state index contributed by atoms with van der Waals surface area (Å²) >= 11 is 0. The van der Waals surface area contributed by atoms with Gasteiger partial charge in [-0.2, -0.15) is 0 Å². The van der Waals surface area contributed by atoms with E-state index in [-0.39, 0.29) is 23.9 Å². The van der Waals surface area contributed by atoms with Crippen LogP contribution in [0.2, 0.25) is 0 Å². The second-order valence-corrected chi connectivity index (χ2v) is 9.34. The number of amides is 2. The van der Waals surface area contributed by atoms with E-state index in [2.05, 4.69) is 10.6 Å². The molecule has 6 nitrogen and oxygen atoms in total. The van der Waals surface area contributed by atoms with E-state index in [4.69, 9.17) is 4.74 Å². The average molecular weight is 387 g/mol. The number of carbonyl (C=O) groups is 2. The largest absolute Gasteiger partial charge is 0.497 e. The third kappa shape index (κ3) is 4.32. The summed E-state index contributed by atoms with van der Waals surface area (Å²) in [6.07, 6.45) is 7.56. The van der Waals surface area contributed by atoms with Crippen LogP contribution in [0.1, 0.15) is 38.5 Å². The van der Waals surface area contributed by atoms with E-state index in [9.17, 15) is 9.59 Å². The summed E-state index contributed by atoms with van der Waals surface area (Å²) in [6, 6.07) is 7.29. The Kier molecular flexibility index (Phi) is 5.32. The Morgan fingerprint density at radius 1 is 1.07 bits per heavy atom. The minimum Gasteiger partial charge on any atom is -0.497 e. The summed E-state index contributed by atoms with van der Waals surface area (Å²) in [6.45, 7) is 0.582. The van der Waals surface area contributed by atoms with E-state index >= 15 is 0 Å². The normalized spacial score (nSPS) is 31.3. The molecule has 0 aliphatic heterocycles. The van der Waals surface area contributed by atoms with Crippen LogP contribution in [0.5, 0.6) is 5.75 Å². The van der Waals surface area contributed by atoms with Crippen molar-refractivity contribution in [2.45, 2.75) is 44.1 Å². The van der Waals surface area contributed by atoms with E-state index in [0.29, 0.717) is 18.0 Å². The minimum atomic E-state index is -0.103. The molecule has 4 aliphatic carbocycles. The SMILES string of the molecule is COc1cccc(NC(=O)C[NH+](C)CC(=O)NC23CC4CC(CC(C4)C2)C3)c1. The van der Waals surface area contributed by atoms with Gasteiger partial charge in [-0.1, -0.05) is 6.07 Å². The van der Waals surface area contributed by atoms with Crippen molar-refractivity contribution >= 4 is 17.5 Å². The van der Waals surface area contributed by atoms with E-state index in [1.165, 1.54) is 19.3 Å². The number of methoxy groups -OCH3 is 1. The van der Waals surface area contributed by atoms with Gasteiger partial charge in [-0.15, -0.1) is 0 Å². The van der Waals surface area contributed by atoms with Crippen molar-refractivity contribution in [3.63, 3.8) is 0 Å². The summed E-state index contributed by atoms with van der Waals surface area (Å²) in [7, 11) is 3.49. The molecule has 0 saturated heterocycles. The van der Waals surface area contributed by atoms with Crippen molar-refractivity contribution in [2.75, 3.05) is 32.6 Å². The molecule has 5 rings (SSSR count). The molecule has 4 aliphatic rings. The first-order chi connectivity index (χ1) is 13.4. The highest BCUT2D eigenvalue weighted by Crippen LogP contribution is 2.55. The minimum absolute atomic E-state index is 0.0367. The zero-order valence-electron chi connectivity index (χ0n) is 16.9. The Morgan fingerprint density at radius 3 is 2.29 bits per heavy atom. The third-order valence-electron chi connectivity index (χ3n) is 6.72. The fourth-order valence-electron chi connectivity index (χ4n) is 6.12. The van der Waals surface area contributed by atoms with Crippen LogP contribution in [0.4, 0.5) is 5.69 Å². The monoisotopic (exact) mass is 386 g/mol. The van der Waals surface area contributed by atoms with Gasteiger partial charge >= 0.3 is 0 Å². The van der Waals surface area contributed by atoms with Crippen molar-refractivity contribution in [1.82, 2.24) is 5.32 Å². The highest BCUT2D eigenvalue weighted by molar-refractivity contribution is 5.91. The van der Waals surface area contributed by atoms with E-state index in [0.717, 1.165) is 41.9 Å². The highest BCUT2D eigenvalue weighted by Gasteiger charge is 2.51. The first kappa shape index (κ1) is 19.2. The number of rotatable bonds is 7. The fourth-order valence-corrected chi connectivity index (χ4v) is 6.12. The van der Waals surface area contributed by atoms with E-state index in [1.54, 1.807) is 13.2 Å². The molecule has 1 atom stereocenters. The molecule has 4 fully saturated rings. The Hall–Kier alpha value is -2.08. The first-order valence-electron chi connectivity index (χ1n) is 10.5. The van der Waals surface area contributed by atoms with Crippen LogP contribution in [0.15, 0.2) is 24.3 Å². The second kappa shape index (κ2) is 7.74. The second-order valence-electron chi connectivity index (χ2n) is 9.34. The van der Waals surface area contributed by atoms with Crippen molar-refractivity contribution in [2.24, 2.45) is 17.8 Å². The van der Waals surface area contributed by atoms with Crippen LogP contribution in [-0.4, -0.2) is 44.6 Å². The lowest BCUT2D eigenvalue weighted by Crippen LogP contribution is -3.11. The van der Waals surface area contributed by atoms with Crippen molar-refractivity contribution in [3.05, 3.63) is 24.3 Å². The number of anilines is 1. The van der Waals surface area contributed by atoms with Crippen LogP contribution >= 0.6 is 0 Å². The quantitative estimate of drug-likeness (QED) is 0.660. The molecule has 0 spiro atoms. The summed E-state index contributed by atoms with van der Waals surface area (Å²) in [5.41, 5.74) is 0.741. The summed E-state index contributed by atoms with van der Waals surface area (Å²) in [5.74, 6) is 3.11. The summed E-state index contributed by atoms with van der Waals surface area (Å²) in [5, 5.41) is 6.26. The standard InChI is InChI=1S/C22H31N3O3/c1-25(13-20(26)23-18-4-3-5-19(9-18)28-2)14-21(27)24-22-10-15-6-16(11-22)8-17(7-15)12-22/h3-5,9,15-17H,6-8,10-14H2,1-2H3,(H,23,26)(H,24,27)/p+1. The van der Waals surface area contributed by atoms with Gasteiger partial charge in [-0.05, 0) is 68.4 Å². The predicted octanol–water partition coefficient (Wildman–Crippen LogP) is 1.23. The van der Waals surface area contributed by atoms with Gasteiger partial charge in [0.1, 0.15) is 5.75 Å². The molecule has 0 heterocycles. The van der Waals surface area contributed by atoms with Crippen molar-refractivity contribution < 1.29 is 19.2 Å². The molecular weight excluding hydrogens is 354 g/mol. The molecule has 28 heavy (non-hydrogen) atoms. The maximum Gasteiger partial charge on any atom is 0.279 e. The molecule has 1 aromatic rings. The maximum absolute atomic E-state index is 12.7. The Morgan fingerprint density at radius 2 is 1.68 bits per heavy atom. The molecule has 152 valence electrons. The molecule has 6 heteroatoms. The molecule has 4 saturated carbocycles. The van der Waals surface area contributed by atoms with Crippen LogP contribution in [-0.2, 0) is 9.59 Å². The van der Waals surface area contributed by atoms with Crippen molar-refractivity contribution in [1.29, 1.82) is 0 Å². The Bertz CT molecular complexity index is 713. The van der Waals surface area contributed by atoms with Crippen LogP contribution in [0, 0.1) is 17.8 Å². The maximum atomic E-state index is 12.7. The van der Waals surface area contributed by atoms with Crippen molar-refractivity contribution in [3.8, 4) is 5.75 Å². The lowest BCUT2D eigenvalue weighted by Gasteiger charge is -2.56. The Labute approximate surface area is 167 Å². The van der Waals surface area contributed by atoms with Crippen LogP contribution in [0.3, 0.4) is 0 Å². The highest BCUT2D eigenvalue weighted by atomic mass is 16.5. The lowest BCUT2D eigenvalue weighted by atomic mass is 9.53. The predicted molar refractivity (Wildman–Crippen MR) is 107 cm³/mol. The molecule has 0 aromatic heterocycles. The fraction of sp³-hybridized carbons (Fsp3) is 0.636. The zero-order chi connectivity index (χ0) is 19.7. The first-order valence-corrected chi connectivity index (χ1v) is 10.5. The number of likely N-dealkylation sites (N-methyl/N-ethyl adjacent to an activating group) is 1. The lowest BCUT2D eigenvalue weighted by molar-refractivity contribution is -0.862. The molecule has 1 aromatic carbocycles. The third-order valence-corrected chi connectivity index (χ3v) is 6.72. The van der Waals surface area contributed by atoms with E-state index in [1.807, 2.05) is 25.2 Å². The summed E-state index contributed by atoms with van der Waals surface area (Å²) < 4.78 is 5.18. The number of hydrogen-bond acceptors (Lipinski definition) is 3. The van der Waals surface area contributed by atoms with Gasteiger partial charge < -0.3 is 20.3 Å². The molecule has 4 bridgehead atoms. The number of quaternary nitrogens is 1. The topological polar surface area (TPSA) is 71.9 Å². The van der Waals surface area contributed by atoms with Crippen LogP contribution < -0.4 is 20.3 Å². The Balaban J connectivity index is 1.26. The summed E-state index contributed by atoms with van der Waals surface area (Å²) in [4.78, 5) is 25.9. The number of ether oxygens (including phenoxy) is 1. The average Bonchev–Trinajstić information content (AvgIpc) is 2.59. The zero-order valence-corrected chi connectivity index (χ0v) is 16.9. The molecule has 1 unspecified atom stereocenters. The molecule has 2 amide bonds. The smallest absolute Gasteiger partial charge is 0.279 e. The van der Waals surface area contributed by atoms with Gasteiger partial charge in [0.05, 0.1) is 14.2 Å². The van der Waals surface area contributed by atoms with E-state index < -0.39 is 0 Å². The van der Waals surface area contributed by atoms with Gasteiger partial charge in [0, 0.05) is 17.3 Å². The molecular formula is C22H32N3O3+. The van der Waals surface area contributed by atoms with Gasteiger partial charge in [0.2, 0.25) is 0 Å². The van der Waals surface area contributed by atoms with Gasteiger partial charge in [0.25, 0.3) is 11.8 Å². The molecule has 0 radical (unpaired) electrons.